The molecule has 140 valence electrons. The van der Waals surface area contributed by atoms with Gasteiger partial charge in [0.15, 0.2) is 0 Å². The van der Waals surface area contributed by atoms with Gasteiger partial charge in [-0.15, -0.1) is 0 Å². The van der Waals surface area contributed by atoms with Crippen LogP contribution in [0.1, 0.15) is 0 Å². The maximum atomic E-state index is 13.2. The first kappa shape index (κ1) is 18.9. The van der Waals surface area contributed by atoms with Crippen molar-refractivity contribution in [1.82, 2.24) is 9.78 Å². The smallest absolute Gasteiger partial charge is 0.292 e. The number of halogens is 2. The third-order valence-electron chi connectivity index (χ3n) is 4.06. The van der Waals surface area contributed by atoms with Gasteiger partial charge in [0.1, 0.15) is 10.8 Å². The first-order chi connectivity index (χ1) is 13.0. The van der Waals surface area contributed by atoms with Crippen LogP contribution in [0.2, 0.25) is 5.02 Å². The Kier molecular flexibility index (Phi) is 5.73. The summed E-state index contributed by atoms with van der Waals surface area (Å²) < 4.78 is 14.4. The van der Waals surface area contributed by atoms with E-state index in [0.29, 0.717) is 17.9 Å². The van der Waals surface area contributed by atoms with Crippen molar-refractivity contribution in [3.63, 3.8) is 0 Å². The number of nitrogens with zero attached hydrogens (tertiary/aromatic N) is 3. The van der Waals surface area contributed by atoms with Gasteiger partial charge in [0.05, 0.1) is 24.2 Å². The fourth-order valence-corrected chi connectivity index (χ4v) is 2.92. The highest BCUT2D eigenvalue weighted by Gasteiger charge is 2.12. The van der Waals surface area contributed by atoms with Crippen LogP contribution in [-0.2, 0) is 0 Å². The van der Waals surface area contributed by atoms with E-state index in [9.17, 15) is 14.3 Å². The summed E-state index contributed by atoms with van der Waals surface area (Å²) in [7, 11) is 1.66. The number of aliphatic hydroxyl groups excluding tert-OH is 1. The number of hydrogen-bond donors (Lipinski definition) is 2. The molecule has 8 heteroatoms. The Hall–Kier alpha value is -2.90. The largest absolute Gasteiger partial charge is 0.395 e. The fourth-order valence-electron chi connectivity index (χ4n) is 2.69. The molecule has 0 amide bonds. The number of benzene rings is 2. The summed E-state index contributed by atoms with van der Waals surface area (Å²) in [5, 5.41) is 16.4. The lowest BCUT2D eigenvalue weighted by Gasteiger charge is -2.24. The van der Waals surface area contributed by atoms with E-state index in [1.807, 2.05) is 4.90 Å². The summed E-state index contributed by atoms with van der Waals surface area (Å²) in [4.78, 5) is 14.2. The van der Waals surface area contributed by atoms with Gasteiger partial charge in [-0.3, -0.25) is 4.79 Å². The standard InChI is InChI=1S/C19H18ClFN4O2/c1-22-17-12-23-25(19(27)18(17)20)16-8-6-15(7-9-16)24(10-11-26)14-4-2-13(21)3-5-14/h2-9,12,22,26H,10-11H2,1H3. The monoisotopic (exact) mass is 388 g/mol. The van der Waals surface area contributed by atoms with E-state index >= 15 is 0 Å². The molecule has 1 heterocycles. The molecule has 0 aliphatic carbocycles. The van der Waals surface area contributed by atoms with E-state index in [-0.39, 0.29) is 17.4 Å². The highest BCUT2D eigenvalue weighted by atomic mass is 35.5. The summed E-state index contributed by atoms with van der Waals surface area (Å²) in [5.41, 5.74) is 2.11. The van der Waals surface area contributed by atoms with Gasteiger partial charge in [0, 0.05) is 25.0 Å². The maximum Gasteiger partial charge on any atom is 0.292 e. The molecule has 0 aliphatic heterocycles. The van der Waals surface area contributed by atoms with Crippen LogP contribution in [0, 0.1) is 5.82 Å². The van der Waals surface area contributed by atoms with Gasteiger partial charge in [-0.1, -0.05) is 11.6 Å². The van der Waals surface area contributed by atoms with E-state index in [4.69, 9.17) is 11.6 Å². The second kappa shape index (κ2) is 8.20. The lowest BCUT2D eigenvalue weighted by atomic mass is 10.2. The molecule has 0 atom stereocenters. The zero-order valence-corrected chi connectivity index (χ0v) is 15.3. The Morgan fingerprint density at radius 3 is 2.30 bits per heavy atom. The molecule has 0 aliphatic rings. The highest BCUT2D eigenvalue weighted by Crippen LogP contribution is 2.26. The van der Waals surface area contributed by atoms with Gasteiger partial charge in [-0.05, 0) is 48.5 Å². The van der Waals surface area contributed by atoms with Crippen LogP contribution in [0.15, 0.2) is 59.5 Å². The fraction of sp³-hybridized carbons (Fsp3) is 0.158. The van der Waals surface area contributed by atoms with Gasteiger partial charge >= 0.3 is 0 Å². The second-order valence-corrected chi connectivity index (χ2v) is 6.09. The van der Waals surface area contributed by atoms with E-state index in [1.54, 1.807) is 43.4 Å². The minimum Gasteiger partial charge on any atom is -0.395 e. The molecule has 2 aromatic carbocycles. The molecule has 0 bridgehead atoms. The van der Waals surface area contributed by atoms with Crippen molar-refractivity contribution in [3.05, 3.63) is 75.9 Å². The van der Waals surface area contributed by atoms with Crippen molar-refractivity contribution in [2.45, 2.75) is 0 Å². The number of anilines is 3. The zero-order valence-electron chi connectivity index (χ0n) is 14.6. The van der Waals surface area contributed by atoms with Crippen molar-refractivity contribution >= 4 is 28.7 Å². The highest BCUT2D eigenvalue weighted by molar-refractivity contribution is 6.32. The van der Waals surface area contributed by atoms with Gasteiger partial charge < -0.3 is 15.3 Å². The van der Waals surface area contributed by atoms with Crippen LogP contribution >= 0.6 is 11.6 Å². The molecule has 27 heavy (non-hydrogen) atoms. The Morgan fingerprint density at radius 2 is 1.74 bits per heavy atom. The Bertz CT molecular complexity index is 974. The molecule has 0 unspecified atom stereocenters. The molecule has 3 aromatic rings. The van der Waals surface area contributed by atoms with Gasteiger partial charge in [-0.2, -0.15) is 9.78 Å². The quantitative estimate of drug-likeness (QED) is 0.678. The van der Waals surface area contributed by atoms with Gasteiger partial charge in [0.2, 0.25) is 0 Å². The topological polar surface area (TPSA) is 70.4 Å². The minimum absolute atomic E-state index is 0.0600. The SMILES string of the molecule is CNc1cnn(-c2ccc(N(CCO)c3ccc(F)cc3)cc2)c(=O)c1Cl. The molecule has 0 fully saturated rings. The molecule has 3 rings (SSSR count). The lowest BCUT2D eigenvalue weighted by Crippen LogP contribution is -2.23. The van der Waals surface area contributed by atoms with Crippen LogP contribution in [-0.4, -0.2) is 35.1 Å². The number of aliphatic hydroxyl groups is 1. The van der Waals surface area contributed by atoms with Crippen molar-refractivity contribution < 1.29 is 9.50 Å². The van der Waals surface area contributed by atoms with Crippen LogP contribution in [0.25, 0.3) is 5.69 Å². The predicted molar refractivity (Wildman–Crippen MR) is 105 cm³/mol. The average Bonchev–Trinajstić information content (AvgIpc) is 2.69. The second-order valence-electron chi connectivity index (χ2n) is 5.71. The maximum absolute atomic E-state index is 13.2. The molecule has 2 N–H and O–H groups in total. The van der Waals surface area contributed by atoms with E-state index in [1.165, 1.54) is 23.0 Å². The van der Waals surface area contributed by atoms with Crippen LogP contribution < -0.4 is 15.8 Å². The number of rotatable bonds is 6. The van der Waals surface area contributed by atoms with Crippen LogP contribution in [0.5, 0.6) is 0 Å². The summed E-state index contributed by atoms with van der Waals surface area (Å²) >= 11 is 6.06. The zero-order chi connectivity index (χ0) is 19.4. The number of hydrogen-bond acceptors (Lipinski definition) is 5. The predicted octanol–water partition coefficient (Wildman–Crippen LogP) is 3.20. The molecule has 0 spiro atoms. The molecule has 6 nitrogen and oxygen atoms in total. The third-order valence-corrected chi connectivity index (χ3v) is 4.42. The van der Waals surface area contributed by atoms with Gasteiger partial charge in [0.25, 0.3) is 5.56 Å². The van der Waals surface area contributed by atoms with E-state index in [0.717, 1.165) is 11.4 Å². The van der Waals surface area contributed by atoms with Gasteiger partial charge in [-0.25, -0.2) is 4.39 Å². The summed E-state index contributed by atoms with van der Waals surface area (Å²) in [5.74, 6) is -0.328. The lowest BCUT2D eigenvalue weighted by molar-refractivity contribution is 0.305. The minimum atomic E-state index is -0.429. The first-order valence-corrected chi connectivity index (χ1v) is 8.63. The molecule has 0 radical (unpaired) electrons. The van der Waals surface area contributed by atoms with Crippen LogP contribution in [0.4, 0.5) is 21.5 Å². The summed E-state index contributed by atoms with van der Waals surface area (Å²) in [6, 6.07) is 13.1. The van der Waals surface area contributed by atoms with Crippen molar-refractivity contribution in [3.8, 4) is 5.69 Å². The molecule has 1 aromatic heterocycles. The molecular formula is C19H18ClFN4O2. The number of aromatic nitrogens is 2. The molecule has 0 saturated carbocycles. The third kappa shape index (κ3) is 3.94. The Morgan fingerprint density at radius 1 is 1.15 bits per heavy atom. The normalized spacial score (nSPS) is 10.7. The van der Waals surface area contributed by atoms with E-state index in [2.05, 4.69) is 10.4 Å². The molecular weight excluding hydrogens is 371 g/mol. The Balaban J connectivity index is 1.95. The Labute approximate surface area is 160 Å². The average molecular weight is 389 g/mol. The van der Waals surface area contributed by atoms with Crippen molar-refractivity contribution in [2.24, 2.45) is 0 Å². The van der Waals surface area contributed by atoms with Crippen LogP contribution in [0.3, 0.4) is 0 Å². The van der Waals surface area contributed by atoms with Crippen molar-refractivity contribution in [2.75, 3.05) is 30.4 Å². The summed E-state index contributed by atoms with van der Waals surface area (Å²) in [6.07, 6.45) is 1.48. The summed E-state index contributed by atoms with van der Waals surface area (Å²) in [6.45, 7) is 0.271. The van der Waals surface area contributed by atoms with Crippen molar-refractivity contribution in [1.29, 1.82) is 0 Å². The van der Waals surface area contributed by atoms with E-state index < -0.39 is 5.56 Å². The first-order valence-electron chi connectivity index (χ1n) is 8.25. The number of nitrogens with one attached hydrogen (secondary N) is 1. The molecule has 0 saturated heterocycles.